The predicted molar refractivity (Wildman–Crippen MR) is 86.6 cm³/mol. The Morgan fingerprint density at radius 2 is 1.81 bits per heavy atom. The van der Waals surface area contributed by atoms with Crippen molar-refractivity contribution in [2.24, 2.45) is 0 Å². The molecule has 2 aromatic carbocycles. The number of benzene rings is 2. The lowest BCUT2D eigenvalue weighted by Gasteiger charge is -2.07. The molecule has 0 aliphatic heterocycles. The van der Waals surface area contributed by atoms with Crippen molar-refractivity contribution in [1.29, 1.82) is 0 Å². The van der Waals surface area contributed by atoms with E-state index < -0.39 is 10.8 Å². The molecule has 0 bridgehead atoms. The average molecular weight is 301 g/mol. The number of nitrogens with one attached hydrogen (secondary N) is 1. The Morgan fingerprint density at radius 1 is 1.10 bits per heavy atom. The third-order valence-corrected chi connectivity index (χ3v) is 3.87. The molecule has 0 aliphatic carbocycles. The van der Waals surface area contributed by atoms with E-state index in [0.717, 1.165) is 11.1 Å². The molecule has 0 radical (unpaired) electrons. The highest BCUT2D eigenvalue weighted by Crippen LogP contribution is 2.08. The van der Waals surface area contributed by atoms with Gasteiger partial charge in [-0.05, 0) is 30.2 Å². The van der Waals surface area contributed by atoms with Gasteiger partial charge in [-0.2, -0.15) is 0 Å². The lowest BCUT2D eigenvalue weighted by molar-refractivity contribution is 0.0951. The van der Waals surface area contributed by atoms with E-state index in [0.29, 0.717) is 17.9 Å². The summed E-state index contributed by atoms with van der Waals surface area (Å²) in [5.41, 5.74) is 3.79. The van der Waals surface area contributed by atoms with Crippen molar-refractivity contribution < 1.29 is 9.00 Å². The van der Waals surface area contributed by atoms with Gasteiger partial charge in [0, 0.05) is 34.9 Å². The highest BCUT2D eigenvalue weighted by molar-refractivity contribution is 7.83. The predicted octanol–water partition coefficient (Wildman–Crippen LogP) is 2.80. The largest absolute Gasteiger partial charge is 0.348 e. The molecule has 0 fully saturated rings. The fourth-order valence-electron chi connectivity index (χ4n) is 2.03. The summed E-state index contributed by atoms with van der Waals surface area (Å²) in [4.78, 5) is 12.1. The van der Waals surface area contributed by atoms with Crippen LogP contribution in [0.2, 0.25) is 0 Å². The fraction of sp³-hybridized carbons (Fsp3) is 0.235. The number of hydrogen-bond donors (Lipinski definition) is 1. The normalized spacial score (nSPS) is 11.9. The van der Waals surface area contributed by atoms with Gasteiger partial charge in [0.05, 0.1) is 0 Å². The minimum absolute atomic E-state index is 0.112. The summed E-state index contributed by atoms with van der Waals surface area (Å²) in [6.07, 6.45) is 1.66. The first-order valence-electron chi connectivity index (χ1n) is 6.77. The molecule has 0 heterocycles. The van der Waals surface area contributed by atoms with Gasteiger partial charge in [0.1, 0.15) is 0 Å². The van der Waals surface area contributed by atoms with Crippen molar-refractivity contribution in [2.75, 3.05) is 6.26 Å². The topological polar surface area (TPSA) is 46.2 Å². The summed E-state index contributed by atoms with van der Waals surface area (Å²) in [6.45, 7) is 2.54. The molecule has 2 rings (SSSR count). The van der Waals surface area contributed by atoms with Crippen LogP contribution in [0.5, 0.6) is 0 Å². The number of rotatable bonds is 5. The van der Waals surface area contributed by atoms with Gasteiger partial charge < -0.3 is 5.32 Å². The molecule has 0 unspecified atom stereocenters. The minimum atomic E-state index is -0.905. The Morgan fingerprint density at radius 3 is 2.48 bits per heavy atom. The molecule has 3 nitrogen and oxygen atoms in total. The number of carbonyl (C=O) groups excluding carboxylic acids is 1. The van der Waals surface area contributed by atoms with Crippen LogP contribution in [-0.4, -0.2) is 16.4 Å². The molecular formula is C17H19NO2S. The first kappa shape index (κ1) is 15.4. The van der Waals surface area contributed by atoms with E-state index in [1.54, 1.807) is 18.4 Å². The molecule has 4 heteroatoms. The molecule has 110 valence electrons. The van der Waals surface area contributed by atoms with Crippen molar-refractivity contribution >= 4 is 16.7 Å². The van der Waals surface area contributed by atoms with Crippen LogP contribution in [0, 0.1) is 6.92 Å². The van der Waals surface area contributed by atoms with Gasteiger partial charge in [0.15, 0.2) is 0 Å². The zero-order valence-corrected chi connectivity index (χ0v) is 13.1. The van der Waals surface area contributed by atoms with Crippen LogP contribution < -0.4 is 5.32 Å². The maximum atomic E-state index is 12.1. The van der Waals surface area contributed by atoms with Gasteiger partial charge in [0.25, 0.3) is 5.91 Å². The fourth-order valence-corrected chi connectivity index (χ4v) is 2.68. The molecule has 1 amide bonds. The van der Waals surface area contributed by atoms with E-state index in [-0.39, 0.29) is 5.91 Å². The van der Waals surface area contributed by atoms with Crippen LogP contribution in [0.4, 0.5) is 0 Å². The van der Waals surface area contributed by atoms with Crippen LogP contribution in [0.25, 0.3) is 0 Å². The summed E-state index contributed by atoms with van der Waals surface area (Å²) < 4.78 is 11.2. The third kappa shape index (κ3) is 4.83. The first-order valence-corrected chi connectivity index (χ1v) is 8.50. The van der Waals surface area contributed by atoms with E-state index in [1.807, 2.05) is 43.3 Å². The highest BCUT2D eigenvalue weighted by Gasteiger charge is 2.06. The lowest BCUT2D eigenvalue weighted by atomic mass is 10.1. The Labute approximate surface area is 127 Å². The van der Waals surface area contributed by atoms with E-state index in [2.05, 4.69) is 5.32 Å². The lowest BCUT2D eigenvalue weighted by Crippen LogP contribution is -2.22. The zero-order chi connectivity index (χ0) is 15.2. The van der Waals surface area contributed by atoms with Crippen molar-refractivity contribution in [3.63, 3.8) is 0 Å². The van der Waals surface area contributed by atoms with Gasteiger partial charge in [-0.3, -0.25) is 9.00 Å². The van der Waals surface area contributed by atoms with Crippen LogP contribution in [0.3, 0.4) is 0 Å². The second-order valence-corrected chi connectivity index (χ2v) is 6.52. The monoisotopic (exact) mass is 301 g/mol. The molecule has 21 heavy (non-hydrogen) atoms. The molecule has 0 aliphatic rings. The Bertz CT molecular complexity index is 650. The van der Waals surface area contributed by atoms with E-state index in [1.165, 1.54) is 5.56 Å². The molecule has 2 aromatic rings. The maximum absolute atomic E-state index is 12.1. The van der Waals surface area contributed by atoms with Crippen molar-refractivity contribution in [3.05, 3.63) is 70.8 Å². The van der Waals surface area contributed by atoms with Crippen molar-refractivity contribution in [1.82, 2.24) is 5.32 Å². The second kappa shape index (κ2) is 7.18. The van der Waals surface area contributed by atoms with Crippen molar-refractivity contribution in [2.45, 2.75) is 19.2 Å². The molecule has 0 spiro atoms. The van der Waals surface area contributed by atoms with Crippen LogP contribution in [0.15, 0.2) is 48.5 Å². The summed E-state index contributed by atoms with van der Waals surface area (Å²) in [5.74, 6) is 0.360. The second-order valence-electron chi connectivity index (χ2n) is 5.09. The number of aryl methyl sites for hydroxylation is 1. The third-order valence-electron chi connectivity index (χ3n) is 3.13. The van der Waals surface area contributed by atoms with Crippen LogP contribution in [0.1, 0.15) is 27.0 Å². The Kier molecular flexibility index (Phi) is 5.28. The van der Waals surface area contributed by atoms with Gasteiger partial charge in [0.2, 0.25) is 0 Å². The Balaban J connectivity index is 1.99. The molecular weight excluding hydrogens is 282 g/mol. The molecule has 0 saturated carbocycles. The quantitative estimate of drug-likeness (QED) is 0.923. The SMILES string of the molecule is Cc1ccc(CNC(=O)c2cccc(C[S@@](C)=O)c2)cc1. The van der Waals surface area contributed by atoms with Gasteiger partial charge in [-0.15, -0.1) is 0 Å². The Hall–Kier alpha value is -1.94. The number of carbonyl (C=O) groups is 1. The molecule has 1 atom stereocenters. The summed E-state index contributed by atoms with van der Waals surface area (Å²) in [6, 6.07) is 15.3. The van der Waals surface area contributed by atoms with E-state index >= 15 is 0 Å². The molecule has 0 aromatic heterocycles. The van der Waals surface area contributed by atoms with Crippen LogP contribution in [-0.2, 0) is 23.1 Å². The smallest absolute Gasteiger partial charge is 0.251 e. The molecule has 1 N–H and O–H groups in total. The van der Waals surface area contributed by atoms with Gasteiger partial charge >= 0.3 is 0 Å². The van der Waals surface area contributed by atoms with Crippen LogP contribution >= 0.6 is 0 Å². The number of amides is 1. The summed E-state index contributed by atoms with van der Waals surface area (Å²) >= 11 is 0. The average Bonchev–Trinajstić information content (AvgIpc) is 2.46. The number of hydrogen-bond acceptors (Lipinski definition) is 2. The maximum Gasteiger partial charge on any atom is 0.251 e. The summed E-state index contributed by atoms with van der Waals surface area (Å²) in [5, 5.41) is 2.90. The first-order chi connectivity index (χ1) is 10.0. The van der Waals surface area contributed by atoms with Crippen molar-refractivity contribution in [3.8, 4) is 0 Å². The van der Waals surface area contributed by atoms with E-state index in [9.17, 15) is 9.00 Å². The molecule has 0 saturated heterocycles. The zero-order valence-electron chi connectivity index (χ0n) is 12.3. The minimum Gasteiger partial charge on any atom is -0.348 e. The van der Waals surface area contributed by atoms with Gasteiger partial charge in [-0.25, -0.2) is 0 Å². The van der Waals surface area contributed by atoms with Gasteiger partial charge in [-0.1, -0.05) is 42.0 Å². The standard InChI is InChI=1S/C17H19NO2S/c1-13-6-8-14(9-7-13)11-18-17(19)16-5-3-4-15(10-16)12-21(2)20/h3-10H,11-12H2,1-2H3,(H,18,19)/t21-/m1/s1. The highest BCUT2D eigenvalue weighted by atomic mass is 32.2. The summed E-state index contributed by atoms with van der Waals surface area (Å²) in [7, 11) is -0.905. The van der Waals surface area contributed by atoms with E-state index in [4.69, 9.17) is 0 Å².